The largest absolute Gasteiger partial charge is 0.463 e. The Labute approximate surface area is 265 Å². The predicted molar refractivity (Wildman–Crippen MR) is 159 cm³/mol. The first-order valence-corrected chi connectivity index (χ1v) is 17.1. The average Bonchev–Trinajstić information content (AvgIpc) is 3.71. The molecule has 0 N–H and O–H groups in total. The highest BCUT2D eigenvalue weighted by atomic mass is 16.6. The van der Waals surface area contributed by atoms with Crippen LogP contribution in [0.15, 0.2) is 0 Å². The standard InChI is InChI=1S/C21H30O6.C14H20O4/c1-4-19(2,3)17(23)27-21-10-13-7-14(11-21)9-20(8-13,12-21)18(24)26-15-5-6-25-16(15)22;1-4-14(2,3)13(16)18-10-7-5-8-9(6-7)12(15)17-11(8)10/h13-15H,4-12H2,1-3H3;7-11H,4-6H2,1-3H3. The molecule has 2 aliphatic heterocycles. The topological polar surface area (TPSA) is 132 Å². The average molecular weight is 631 g/mol. The van der Waals surface area contributed by atoms with Gasteiger partial charge in [0.2, 0.25) is 6.10 Å². The number of hydrogen-bond acceptors (Lipinski definition) is 10. The second-order valence-electron chi connectivity index (χ2n) is 16.4. The van der Waals surface area contributed by atoms with E-state index in [1.807, 2.05) is 41.5 Å². The van der Waals surface area contributed by atoms with Crippen molar-refractivity contribution < 1.29 is 47.7 Å². The summed E-state index contributed by atoms with van der Waals surface area (Å²) >= 11 is 0. The first kappa shape index (κ1) is 32.3. The summed E-state index contributed by atoms with van der Waals surface area (Å²) in [5.41, 5.74) is -2.15. The smallest absolute Gasteiger partial charge is 0.347 e. The summed E-state index contributed by atoms with van der Waals surface area (Å²) in [7, 11) is 0. The van der Waals surface area contributed by atoms with Crippen molar-refractivity contribution in [1.82, 2.24) is 0 Å². The minimum Gasteiger partial charge on any atom is -0.463 e. The van der Waals surface area contributed by atoms with E-state index in [-0.39, 0.29) is 42.0 Å². The van der Waals surface area contributed by atoms with Crippen LogP contribution in [0.5, 0.6) is 0 Å². The lowest BCUT2D eigenvalue weighted by atomic mass is 9.48. The lowest BCUT2D eigenvalue weighted by molar-refractivity contribution is -0.219. The Morgan fingerprint density at radius 2 is 1.49 bits per heavy atom. The number of carbonyl (C=O) groups excluding carboxylic acids is 5. The third kappa shape index (κ3) is 5.66. The molecule has 8 rings (SSSR count). The van der Waals surface area contributed by atoms with Crippen molar-refractivity contribution >= 4 is 29.8 Å². The molecule has 0 aromatic rings. The van der Waals surface area contributed by atoms with Gasteiger partial charge < -0.3 is 23.7 Å². The highest BCUT2D eigenvalue weighted by Crippen LogP contribution is 2.63. The summed E-state index contributed by atoms with van der Waals surface area (Å²) in [4.78, 5) is 61.3. The van der Waals surface area contributed by atoms with Crippen LogP contribution in [-0.2, 0) is 47.7 Å². The monoisotopic (exact) mass is 630 g/mol. The zero-order chi connectivity index (χ0) is 32.5. The highest BCUT2D eigenvalue weighted by Gasteiger charge is 2.65. The van der Waals surface area contributed by atoms with E-state index in [1.54, 1.807) is 0 Å². The maximum Gasteiger partial charge on any atom is 0.347 e. The van der Waals surface area contributed by atoms with Crippen LogP contribution in [-0.4, -0.2) is 60.4 Å². The molecule has 6 aliphatic carbocycles. The number of hydrogen-bond donors (Lipinski definition) is 0. The molecule has 0 radical (unpaired) electrons. The van der Waals surface area contributed by atoms with Gasteiger partial charge in [-0.3, -0.25) is 19.2 Å². The molecule has 10 nitrogen and oxygen atoms in total. The molecule has 2 saturated heterocycles. The number of fused-ring (bicyclic) bond motifs is 1. The third-order valence-electron chi connectivity index (χ3n) is 12.4. The van der Waals surface area contributed by atoms with E-state index >= 15 is 0 Å². The minimum absolute atomic E-state index is 0.0779. The Hall–Kier alpha value is -2.65. The molecule has 0 amide bonds. The van der Waals surface area contributed by atoms with E-state index in [4.69, 9.17) is 23.7 Å². The molecule has 250 valence electrons. The second-order valence-corrected chi connectivity index (χ2v) is 16.4. The van der Waals surface area contributed by atoms with Crippen molar-refractivity contribution in [2.24, 2.45) is 45.8 Å². The fraction of sp³-hybridized carbons (Fsp3) is 0.857. The molecule has 0 aromatic carbocycles. The molecular formula is C35H50O10. The van der Waals surface area contributed by atoms with Gasteiger partial charge in [-0.1, -0.05) is 13.8 Å². The molecule has 8 unspecified atom stereocenters. The number of ether oxygens (including phenoxy) is 5. The highest BCUT2D eigenvalue weighted by molar-refractivity contribution is 5.84. The van der Waals surface area contributed by atoms with Gasteiger partial charge in [0.25, 0.3) is 0 Å². The Balaban J connectivity index is 0.000000172. The first-order valence-electron chi connectivity index (χ1n) is 17.1. The molecule has 10 heteroatoms. The van der Waals surface area contributed by atoms with Crippen LogP contribution >= 0.6 is 0 Å². The van der Waals surface area contributed by atoms with E-state index < -0.39 is 33.9 Å². The van der Waals surface area contributed by atoms with Gasteiger partial charge in [-0.25, -0.2) is 4.79 Å². The van der Waals surface area contributed by atoms with Crippen molar-refractivity contribution in [2.75, 3.05) is 6.61 Å². The van der Waals surface area contributed by atoms with Crippen LogP contribution in [0.1, 0.15) is 112 Å². The molecule has 45 heavy (non-hydrogen) atoms. The minimum atomic E-state index is -0.775. The number of carbonyl (C=O) groups is 5. The lowest BCUT2D eigenvalue weighted by Crippen LogP contribution is -2.60. The van der Waals surface area contributed by atoms with Gasteiger partial charge in [0, 0.05) is 24.7 Å². The van der Waals surface area contributed by atoms with Gasteiger partial charge in [-0.15, -0.1) is 0 Å². The van der Waals surface area contributed by atoms with Crippen LogP contribution in [0.3, 0.4) is 0 Å². The molecule has 8 fully saturated rings. The summed E-state index contributed by atoms with van der Waals surface area (Å²) in [5.74, 6) is 0.304. The van der Waals surface area contributed by atoms with Crippen molar-refractivity contribution in [2.45, 2.75) is 136 Å². The van der Waals surface area contributed by atoms with E-state index in [1.165, 1.54) is 0 Å². The lowest BCUT2D eigenvalue weighted by Gasteiger charge is -2.60. The first-order chi connectivity index (χ1) is 21.1. The Morgan fingerprint density at radius 1 is 0.844 bits per heavy atom. The molecular weight excluding hydrogens is 580 g/mol. The van der Waals surface area contributed by atoms with Crippen molar-refractivity contribution in [3.63, 3.8) is 0 Å². The summed E-state index contributed by atoms with van der Waals surface area (Å²) in [6, 6.07) is 0. The summed E-state index contributed by atoms with van der Waals surface area (Å²) in [6.45, 7) is 11.9. The summed E-state index contributed by atoms with van der Waals surface area (Å²) in [5, 5.41) is 0. The third-order valence-corrected chi connectivity index (χ3v) is 12.4. The molecule has 6 saturated carbocycles. The van der Waals surface area contributed by atoms with E-state index in [2.05, 4.69) is 0 Å². The summed E-state index contributed by atoms with van der Waals surface area (Å²) in [6.07, 6.45) is 7.43. The van der Waals surface area contributed by atoms with Gasteiger partial charge in [0.05, 0.1) is 28.8 Å². The fourth-order valence-corrected chi connectivity index (χ4v) is 9.35. The van der Waals surface area contributed by atoms with Gasteiger partial charge in [0.15, 0.2) is 0 Å². The second kappa shape index (κ2) is 11.3. The number of cyclic esters (lactones) is 1. The van der Waals surface area contributed by atoms with Crippen LogP contribution in [0.2, 0.25) is 0 Å². The van der Waals surface area contributed by atoms with Crippen molar-refractivity contribution in [3.05, 3.63) is 0 Å². The van der Waals surface area contributed by atoms with Gasteiger partial charge in [-0.05, 0) is 97.3 Å². The Morgan fingerprint density at radius 3 is 2.09 bits per heavy atom. The maximum atomic E-state index is 13.1. The van der Waals surface area contributed by atoms with Crippen LogP contribution in [0.25, 0.3) is 0 Å². The number of esters is 5. The quantitative estimate of drug-likeness (QED) is 0.264. The normalized spacial score (nSPS) is 40.4. The van der Waals surface area contributed by atoms with Gasteiger partial charge in [-0.2, -0.15) is 0 Å². The van der Waals surface area contributed by atoms with Crippen LogP contribution in [0, 0.1) is 45.8 Å². The SMILES string of the molecule is CCC(C)(C)C(=O)OC12CC3CC(C1)CC(C(=O)OC1CCOC1=O)(C3)C2.CCC(C)(C)C(=O)OC1C2CC3C(=O)OC1C3C2. The zero-order valence-corrected chi connectivity index (χ0v) is 27.7. The number of rotatable bonds is 8. The van der Waals surface area contributed by atoms with E-state index in [0.29, 0.717) is 49.5 Å². The van der Waals surface area contributed by atoms with Crippen molar-refractivity contribution in [1.29, 1.82) is 0 Å². The van der Waals surface area contributed by atoms with Crippen LogP contribution in [0.4, 0.5) is 0 Å². The Kier molecular flexibility index (Phi) is 8.08. The maximum absolute atomic E-state index is 13.1. The molecule has 0 spiro atoms. The van der Waals surface area contributed by atoms with Crippen LogP contribution < -0.4 is 0 Å². The molecule has 0 aromatic heterocycles. The molecule has 8 aliphatic rings. The van der Waals surface area contributed by atoms with E-state index in [0.717, 1.165) is 51.4 Å². The Bertz CT molecular complexity index is 1240. The molecule has 8 atom stereocenters. The van der Waals surface area contributed by atoms with E-state index in [9.17, 15) is 24.0 Å². The van der Waals surface area contributed by atoms with Gasteiger partial charge >= 0.3 is 29.8 Å². The molecule has 2 heterocycles. The molecule has 6 bridgehead atoms. The predicted octanol–water partition coefficient (Wildman–Crippen LogP) is 5.08. The fourth-order valence-electron chi connectivity index (χ4n) is 9.35. The zero-order valence-electron chi connectivity index (χ0n) is 27.7. The van der Waals surface area contributed by atoms with Gasteiger partial charge in [0.1, 0.15) is 17.8 Å². The van der Waals surface area contributed by atoms with Crippen molar-refractivity contribution in [3.8, 4) is 0 Å². The summed E-state index contributed by atoms with van der Waals surface area (Å²) < 4.78 is 27.7.